The molecule has 0 radical (unpaired) electrons. The minimum absolute atomic E-state index is 0.259. The van der Waals surface area contributed by atoms with Gasteiger partial charge in [0, 0.05) is 6.54 Å². The van der Waals surface area contributed by atoms with E-state index in [0.717, 1.165) is 21.7 Å². The van der Waals surface area contributed by atoms with Crippen LogP contribution >= 0.6 is 27.3 Å². The first-order valence-electron chi connectivity index (χ1n) is 7.00. The van der Waals surface area contributed by atoms with Crippen molar-refractivity contribution in [2.24, 2.45) is 5.92 Å². The third kappa shape index (κ3) is 8.18. The van der Waals surface area contributed by atoms with E-state index >= 15 is 0 Å². The maximum atomic E-state index is 11.8. The predicted molar refractivity (Wildman–Crippen MR) is 88.5 cm³/mol. The average Bonchev–Trinajstić information content (AvgIpc) is 2.73. The van der Waals surface area contributed by atoms with Gasteiger partial charge in [-0.1, -0.05) is 13.8 Å². The number of likely N-dealkylation sites (N-methyl/N-ethyl adjacent to an activating group) is 1. The summed E-state index contributed by atoms with van der Waals surface area (Å²) < 4.78 is 1.08. The lowest BCUT2D eigenvalue weighted by atomic mass is 10.1. The molecular formula is C14H23BrN3O2S+. The number of carbonyl (C=O) groups excluding carboxylic acids is 2. The molecule has 0 saturated heterocycles. The number of nitrogens with one attached hydrogen (secondary N) is 3. The van der Waals surface area contributed by atoms with Gasteiger partial charge in [-0.2, -0.15) is 0 Å². The minimum Gasteiger partial charge on any atom is -0.338 e. The van der Waals surface area contributed by atoms with Crippen LogP contribution in [-0.2, 0) is 11.3 Å². The number of urea groups is 1. The zero-order valence-electron chi connectivity index (χ0n) is 12.7. The van der Waals surface area contributed by atoms with Crippen molar-refractivity contribution in [3.63, 3.8) is 0 Å². The second-order valence-corrected chi connectivity index (χ2v) is 8.05. The maximum Gasteiger partial charge on any atom is 0.321 e. The van der Waals surface area contributed by atoms with Crippen LogP contribution in [0.25, 0.3) is 0 Å². The molecule has 7 heteroatoms. The quantitative estimate of drug-likeness (QED) is 0.673. The molecule has 0 bridgehead atoms. The molecule has 1 aromatic heterocycles. The summed E-state index contributed by atoms with van der Waals surface area (Å²) in [4.78, 5) is 25.5. The lowest BCUT2D eigenvalue weighted by molar-refractivity contribution is -0.885. The van der Waals surface area contributed by atoms with Crippen LogP contribution in [0.5, 0.6) is 0 Å². The van der Waals surface area contributed by atoms with Crippen LogP contribution in [0.4, 0.5) is 4.79 Å². The molecule has 0 fully saturated rings. The van der Waals surface area contributed by atoms with Crippen LogP contribution in [0, 0.1) is 5.92 Å². The van der Waals surface area contributed by atoms with Crippen LogP contribution in [0.1, 0.15) is 25.1 Å². The first-order valence-corrected chi connectivity index (χ1v) is 8.61. The van der Waals surface area contributed by atoms with E-state index in [0.29, 0.717) is 12.5 Å². The van der Waals surface area contributed by atoms with E-state index in [-0.39, 0.29) is 12.5 Å². The van der Waals surface area contributed by atoms with Crippen molar-refractivity contribution in [3.8, 4) is 0 Å². The zero-order chi connectivity index (χ0) is 15.8. The summed E-state index contributed by atoms with van der Waals surface area (Å²) in [6.07, 6.45) is 0.903. The molecule has 0 saturated carbocycles. The molecule has 21 heavy (non-hydrogen) atoms. The number of halogens is 1. The Kier molecular flexibility index (Phi) is 7.92. The third-order valence-corrected chi connectivity index (χ3v) is 4.45. The highest BCUT2D eigenvalue weighted by Crippen LogP contribution is 2.21. The summed E-state index contributed by atoms with van der Waals surface area (Å²) in [7, 11) is 1.93. The van der Waals surface area contributed by atoms with Gasteiger partial charge in [-0.3, -0.25) is 10.1 Å². The highest BCUT2D eigenvalue weighted by Gasteiger charge is 2.14. The summed E-state index contributed by atoms with van der Waals surface area (Å²) in [6.45, 7) is 5.80. The second-order valence-electron chi connectivity index (χ2n) is 5.50. The number of rotatable bonds is 7. The number of hydrogen-bond donors (Lipinski definition) is 3. The largest absolute Gasteiger partial charge is 0.338 e. The third-order valence-electron chi connectivity index (χ3n) is 2.83. The number of carbonyl (C=O) groups is 2. The van der Waals surface area contributed by atoms with Crippen molar-refractivity contribution >= 4 is 39.2 Å². The molecular weight excluding hydrogens is 354 g/mol. The lowest BCUT2D eigenvalue weighted by Crippen LogP contribution is -3.08. The van der Waals surface area contributed by atoms with Crippen LogP contribution < -0.4 is 15.5 Å². The Bertz CT molecular complexity index is 477. The molecule has 1 atom stereocenters. The van der Waals surface area contributed by atoms with E-state index in [9.17, 15) is 9.59 Å². The molecule has 118 valence electrons. The maximum absolute atomic E-state index is 11.8. The van der Waals surface area contributed by atoms with E-state index in [1.165, 1.54) is 4.88 Å². The number of amides is 3. The SMILES string of the molecule is CC(C)CCNC(=O)NC(=O)C[NH+](C)Cc1ccc(Br)s1. The molecule has 0 spiro atoms. The first-order chi connectivity index (χ1) is 9.86. The van der Waals surface area contributed by atoms with Gasteiger partial charge in [-0.05, 0) is 40.4 Å². The molecule has 0 aliphatic heterocycles. The van der Waals surface area contributed by atoms with Gasteiger partial charge in [0.2, 0.25) is 0 Å². The first kappa shape index (κ1) is 18.1. The zero-order valence-corrected chi connectivity index (χ0v) is 15.1. The minimum atomic E-state index is -0.410. The molecule has 0 aliphatic carbocycles. The summed E-state index contributed by atoms with van der Waals surface area (Å²) in [5, 5.41) is 5.05. The van der Waals surface area contributed by atoms with E-state index in [1.54, 1.807) is 11.3 Å². The van der Waals surface area contributed by atoms with E-state index < -0.39 is 6.03 Å². The summed E-state index contributed by atoms with van der Waals surface area (Å²) in [5.41, 5.74) is 0. The van der Waals surface area contributed by atoms with Crippen molar-refractivity contribution in [2.45, 2.75) is 26.8 Å². The summed E-state index contributed by atoms with van der Waals surface area (Å²) in [5.74, 6) is 0.270. The van der Waals surface area contributed by atoms with Crippen LogP contribution in [-0.4, -0.2) is 32.1 Å². The van der Waals surface area contributed by atoms with Crippen molar-refractivity contribution in [2.75, 3.05) is 20.1 Å². The highest BCUT2D eigenvalue weighted by atomic mass is 79.9. The molecule has 0 aromatic carbocycles. The Hall–Kier alpha value is -0.920. The fourth-order valence-corrected chi connectivity index (χ4v) is 3.37. The molecule has 5 nitrogen and oxygen atoms in total. The van der Waals surface area contributed by atoms with Gasteiger partial charge in [0.1, 0.15) is 6.54 Å². The van der Waals surface area contributed by atoms with E-state index in [2.05, 4.69) is 40.4 Å². The summed E-state index contributed by atoms with van der Waals surface area (Å²) in [6, 6.07) is 3.62. The van der Waals surface area contributed by atoms with Crippen LogP contribution in [0.2, 0.25) is 0 Å². The standard InChI is InChI=1S/C14H22BrN3O2S/c1-10(2)6-7-16-14(20)17-13(19)9-18(3)8-11-4-5-12(15)21-11/h4-5,10H,6-9H2,1-3H3,(H2,16,17,19,20)/p+1. The normalized spacial score (nSPS) is 12.2. The van der Waals surface area contributed by atoms with Gasteiger partial charge < -0.3 is 10.2 Å². The van der Waals surface area contributed by atoms with Crippen LogP contribution in [0.3, 0.4) is 0 Å². The fourth-order valence-electron chi connectivity index (χ4n) is 1.77. The smallest absolute Gasteiger partial charge is 0.321 e. The molecule has 1 aromatic rings. The monoisotopic (exact) mass is 376 g/mol. The molecule has 3 amide bonds. The Morgan fingerprint density at radius 1 is 1.38 bits per heavy atom. The van der Waals surface area contributed by atoms with Gasteiger partial charge in [0.25, 0.3) is 5.91 Å². The van der Waals surface area contributed by atoms with Gasteiger partial charge in [0.05, 0.1) is 15.7 Å². The van der Waals surface area contributed by atoms with E-state index in [4.69, 9.17) is 0 Å². The Morgan fingerprint density at radius 2 is 2.10 bits per heavy atom. The Balaban J connectivity index is 2.24. The van der Waals surface area contributed by atoms with Crippen molar-refractivity contribution in [3.05, 3.63) is 20.8 Å². The fraction of sp³-hybridized carbons (Fsp3) is 0.571. The van der Waals surface area contributed by atoms with Crippen molar-refractivity contribution in [1.29, 1.82) is 0 Å². The van der Waals surface area contributed by atoms with E-state index in [1.807, 2.05) is 19.2 Å². The number of thiophene rings is 1. The highest BCUT2D eigenvalue weighted by molar-refractivity contribution is 9.11. The number of quaternary nitrogens is 1. The second kappa shape index (κ2) is 9.17. The number of imide groups is 1. The molecule has 1 heterocycles. The Morgan fingerprint density at radius 3 is 2.67 bits per heavy atom. The van der Waals surface area contributed by atoms with Crippen molar-refractivity contribution < 1.29 is 14.5 Å². The molecule has 1 rings (SSSR count). The van der Waals surface area contributed by atoms with Crippen molar-refractivity contribution in [1.82, 2.24) is 10.6 Å². The van der Waals surface area contributed by atoms with Crippen LogP contribution in [0.15, 0.2) is 15.9 Å². The van der Waals surface area contributed by atoms with Gasteiger partial charge >= 0.3 is 6.03 Å². The number of hydrogen-bond acceptors (Lipinski definition) is 3. The summed E-state index contributed by atoms with van der Waals surface area (Å²) >= 11 is 5.07. The molecule has 0 aliphatic rings. The Labute approximate surface area is 138 Å². The average molecular weight is 377 g/mol. The van der Waals surface area contributed by atoms with Gasteiger partial charge in [-0.15, -0.1) is 11.3 Å². The molecule has 1 unspecified atom stereocenters. The lowest BCUT2D eigenvalue weighted by Gasteiger charge is -2.13. The predicted octanol–water partition coefficient (Wildman–Crippen LogP) is 1.40. The topological polar surface area (TPSA) is 62.6 Å². The van der Waals surface area contributed by atoms with Gasteiger partial charge in [0.15, 0.2) is 6.54 Å². The molecule has 3 N–H and O–H groups in total. The van der Waals surface area contributed by atoms with Gasteiger partial charge in [-0.25, -0.2) is 4.79 Å².